The maximum atomic E-state index is 4.77. The van der Waals surface area contributed by atoms with Crippen LogP contribution in [-0.2, 0) is 0 Å². The van der Waals surface area contributed by atoms with Crippen LogP contribution in [0.4, 0.5) is 0 Å². The molecule has 0 aliphatic rings. The Bertz CT molecular complexity index is 123. The maximum absolute atomic E-state index is 4.77. The highest BCUT2D eigenvalue weighted by molar-refractivity contribution is 4.64. The molecular formula is C15H32N. The van der Waals surface area contributed by atoms with E-state index in [1.807, 2.05) is 0 Å². The van der Waals surface area contributed by atoms with E-state index in [0.29, 0.717) is 6.04 Å². The molecule has 0 amide bonds. The van der Waals surface area contributed by atoms with Gasteiger partial charge in [0.25, 0.3) is 0 Å². The zero-order chi connectivity index (χ0) is 12.1. The van der Waals surface area contributed by atoms with Crippen molar-refractivity contribution in [3.63, 3.8) is 0 Å². The fourth-order valence-electron chi connectivity index (χ4n) is 2.02. The number of unbranched alkanes of at least 4 members (excludes halogenated alkanes) is 6. The van der Waals surface area contributed by atoms with Crippen molar-refractivity contribution in [1.29, 1.82) is 0 Å². The average Bonchev–Trinajstić information content (AvgIpc) is 2.31. The minimum atomic E-state index is 0.651. The molecule has 0 aromatic carbocycles. The molecule has 0 spiro atoms. The van der Waals surface area contributed by atoms with Gasteiger partial charge in [-0.15, -0.1) is 0 Å². The van der Waals surface area contributed by atoms with Crippen molar-refractivity contribution in [1.82, 2.24) is 5.32 Å². The van der Waals surface area contributed by atoms with Gasteiger partial charge in [-0.05, 0) is 19.3 Å². The van der Waals surface area contributed by atoms with Crippen LogP contribution in [0.25, 0.3) is 0 Å². The van der Waals surface area contributed by atoms with E-state index >= 15 is 0 Å². The zero-order valence-electron chi connectivity index (χ0n) is 11.8. The fourth-order valence-corrected chi connectivity index (χ4v) is 2.02. The van der Waals surface area contributed by atoms with Gasteiger partial charge in [0.15, 0.2) is 0 Å². The molecule has 1 radical (unpaired) electrons. The highest BCUT2D eigenvalue weighted by Crippen LogP contribution is 2.10. The summed E-state index contributed by atoms with van der Waals surface area (Å²) < 4.78 is 0. The minimum Gasteiger partial charge on any atom is -0.238 e. The van der Waals surface area contributed by atoms with E-state index in [9.17, 15) is 0 Å². The Kier molecular flexibility index (Phi) is 13.0. The molecule has 0 N–H and O–H groups in total. The highest BCUT2D eigenvalue weighted by atomic mass is 14.9. The molecule has 0 heterocycles. The summed E-state index contributed by atoms with van der Waals surface area (Å²) in [7, 11) is 0. The molecule has 0 bridgehead atoms. The molecule has 1 atom stereocenters. The first-order valence-electron chi connectivity index (χ1n) is 7.51. The summed E-state index contributed by atoms with van der Waals surface area (Å²) >= 11 is 0. The third kappa shape index (κ3) is 10.5. The minimum absolute atomic E-state index is 0.651. The Balaban J connectivity index is 3.26. The van der Waals surface area contributed by atoms with Gasteiger partial charge in [-0.1, -0.05) is 65.7 Å². The second kappa shape index (κ2) is 13.0. The van der Waals surface area contributed by atoms with Crippen LogP contribution in [0, 0.1) is 0 Å². The topological polar surface area (TPSA) is 14.1 Å². The molecule has 1 nitrogen and oxygen atoms in total. The van der Waals surface area contributed by atoms with E-state index in [0.717, 1.165) is 6.54 Å². The molecule has 0 saturated heterocycles. The van der Waals surface area contributed by atoms with E-state index in [4.69, 9.17) is 5.32 Å². The second-order valence-electron chi connectivity index (χ2n) is 4.88. The Morgan fingerprint density at radius 3 is 2.00 bits per heavy atom. The Morgan fingerprint density at radius 2 is 1.38 bits per heavy atom. The van der Waals surface area contributed by atoms with Gasteiger partial charge in [0.1, 0.15) is 0 Å². The zero-order valence-corrected chi connectivity index (χ0v) is 11.8. The molecule has 1 heteroatoms. The summed E-state index contributed by atoms with van der Waals surface area (Å²) in [4.78, 5) is 0. The summed E-state index contributed by atoms with van der Waals surface area (Å²) in [6.45, 7) is 7.88. The first kappa shape index (κ1) is 16.0. The maximum Gasteiger partial charge on any atom is 0.0243 e. The SMILES string of the molecule is CCCCCCCCC(CC)[N]CCCC. The van der Waals surface area contributed by atoms with E-state index in [1.54, 1.807) is 0 Å². The first-order valence-corrected chi connectivity index (χ1v) is 7.51. The van der Waals surface area contributed by atoms with Gasteiger partial charge in [-0.2, -0.15) is 0 Å². The molecule has 0 rings (SSSR count). The lowest BCUT2D eigenvalue weighted by Crippen LogP contribution is -2.22. The van der Waals surface area contributed by atoms with Crippen molar-refractivity contribution >= 4 is 0 Å². The third-order valence-electron chi connectivity index (χ3n) is 3.26. The van der Waals surface area contributed by atoms with Crippen LogP contribution in [0.15, 0.2) is 0 Å². The van der Waals surface area contributed by atoms with Crippen molar-refractivity contribution < 1.29 is 0 Å². The third-order valence-corrected chi connectivity index (χ3v) is 3.26. The van der Waals surface area contributed by atoms with Crippen LogP contribution in [0.3, 0.4) is 0 Å². The summed E-state index contributed by atoms with van der Waals surface area (Å²) in [6, 6.07) is 0.651. The van der Waals surface area contributed by atoms with Crippen molar-refractivity contribution in [2.45, 2.75) is 91.0 Å². The Morgan fingerprint density at radius 1 is 0.750 bits per heavy atom. The molecule has 0 fully saturated rings. The quantitative estimate of drug-likeness (QED) is 0.419. The van der Waals surface area contributed by atoms with Gasteiger partial charge in [0, 0.05) is 12.6 Å². The number of hydrogen-bond donors (Lipinski definition) is 0. The van der Waals surface area contributed by atoms with Crippen LogP contribution >= 0.6 is 0 Å². The smallest absolute Gasteiger partial charge is 0.0243 e. The predicted molar refractivity (Wildman–Crippen MR) is 74.0 cm³/mol. The van der Waals surface area contributed by atoms with Crippen molar-refractivity contribution in [2.24, 2.45) is 0 Å². The number of hydrogen-bond acceptors (Lipinski definition) is 0. The van der Waals surface area contributed by atoms with Gasteiger partial charge < -0.3 is 0 Å². The second-order valence-corrected chi connectivity index (χ2v) is 4.88. The fraction of sp³-hybridized carbons (Fsp3) is 1.00. The van der Waals surface area contributed by atoms with E-state index < -0.39 is 0 Å². The molecule has 0 saturated carbocycles. The average molecular weight is 226 g/mol. The monoisotopic (exact) mass is 226 g/mol. The molecule has 16 heavy (non-hydrogen) atoms. The van der Waals surface area contributed by atoms with Crippen molar-refractivity contribution in [3.8, 4) is 0 Å². The summed E-state index contributed by atoms with van der Waals surface area (Å²) in [5.74, 6) is 0. The van der Waals surface area contributed by atoms with Crippen molar-refractivity contribution in [2.75, 3.05) is 6.54 Å². The van der Waals surface area contributed by atoms with Crippen LogP contribution in [0.2, 0.25) is 0 Å². The van der Waals surface area contributed by atoms with Gasteiger partial charge in [-0.25, -0.2) is 5.32 Å². The number of rotatable bonds is 12. The van der Waals surface area contributed by atoms with Gasteiger partial charge in [0.05, 0.1) is 0 Å². The normalized spacial score (nSPS) is 12.9. The largest absolute Gasteiger partial charge is 0.238 e. The standard InChI is InChI=1S/C15H32N/c1-4-7-9-10-11-12-13-15(6-3)16-14-8-5-2/h15H,4-14H2,1-3H3. The molecule has 0 aliphatic heterocycles. The van der Waals surface area contributed by atoms with E-state index in [-0.39, 0.29) is 0 Å². The summed E-state index contributed by atoms with van der Waals surface area (Å²) in [5, 5.41) is 4.77. The number of nitrogens with zero attached hydrogens (tertiary/aromatic N) is 1. The Hall–Kier alpha value is -0.0400. The van der Waals surface area contributed by atoms with Gasteiger partial charge >= 0.3 is 0 Å². The van der Waals surface area contributed by atoms with Crippen molar-refractivity contribution in [3.05, 3.63) is 0 Å². The van der Waals surface area contributed by atoms with E-state index in [1.165, 1.54) is 64.2 Å². The Labute approximate surface area is 103 Å². The van der Waals surface area contributed by atoms with Crippen LogP contribution in [0.5, 0.6) is 0 Å². The predicted octanol–water partition coefficient (Wildman–Crippen LogP) is 4.92. The highest BCUT2D eigenvalue weighted by Gasteiger charge is 2.05. The molecule has 0 aliphatic carbocycles. The molecule has 0 aromatic rings. The molecule has 97 valence electrons. The van der Waals surface area contributed by atoms with Gasteiger partial charge in [0.2, 0.25) is 0 Å². The van der Waals surface area contributed by atoms with Gasteiger partial charge in [-0.3, -0.25) is 0 Å². The lowest BCUT2D eigenvalue weighted by atomic mass is 10.0. The van der Waals surface area contributed by atoms with Crippen LogP contribution in [-0.4, -0.2) is 12.6 Å². The lowest BCUT2D eigenvalue weighted by Gasteiger charge is -2.14. The first-order chi connectivity index (χ1) is 7.85. The summed E-state index contributed by atoms with van der Waals surface area (Å²) in [5.41, 5.74) is 0. The van der Waals surface area contributed by atoms with Crippen LogP contribution in [0.1, 0.15) is 85.0 Å². The molecule has 0 aromatic heterocycles. The molecule has 1 unspecified atom stereocenters. The van der Waals surface area contributed by atoms with E-state index in [2.05, 4.69) is 20.8 Å². The summed E-state index contributed by atoms with van der Waals surface area (Å²) in [6.07, 6.45) is 13.5. The van der Waals surface area contributed by atoms with Crippen LogP contribution < -0.4 is 5.32 Å². The lowest BCUT2D eigenvalue weighted by molar-refractivity contribution is 0.430. The molecular weight excluding hydrogens is 194 g/mol.